The van der Waals surface area contributed by atoms with Gasteiger partial charge in [-0.15, -0.1) is 0 Å². The van der Waals surface area contributed by atoms with Crippen molar-refractivity contribution < 1.29 is 18.0 Å². The van der Waals surface area contributed by atoms with Gasteiger partial charge in [-0.2, -0.15) is 5.26 Å². The van der Waals surface area contributed by atoms with Crippen LogP contribution in [-0.4, -0.2) is 39.1 Å². The predicted octanol–water partition coefficient (Wildman–Crippen LogP) is 2.54. The minimum absolute atomic E-state index is 0.138. The van der Waals surface area contributed by atoms with E-state index in [4.69, 9.17) is 5.26 Å². The smallest absolute Gasteiger partial charge is 0.251 e. The second-order valence-corrected chi connectivity index (χ2v) is 9.36. The Morgan fingerprint density at radius 1 is 1.10 bits per heavy atom. The number of nitriles is 1. The molecule has 2 aromatic carbocycles. The van der Waals surface area contributed by atoms with Crippen LogP contribution >= 0.6 is 0 Å². The van der Waals surface area contributed by atoms with E-state index in [2.05, 4.69) is 10.6 Å². The zero-order valence-corrected chi connectivity index (χ0v) is 18.0. The molecule has 0 aliphatic heterocycles. The zero-order chi connectivity index (χ0) is 22.3. The second-order valence-electron chi connectivity index (χ2n) is 7.38. The van der Waals surface area contributed by atoms with Crippen molar-refractivity contribution in [2.45, 2.75) is 31.2 Å². The molecule has 0 unspecified atom stereocenters. The van der Waals surface area contributed by atoms with E-state index in [1.165, 1.54) is 6.07 Å². The molecule has 30 heavy (non-hydrogen) atoms. The molecular formula is C22H25N3O4S. The van der Waals surface area contributed by atoms with Gasteiger partial charge in [0.25, 0.3) is 5.91 Å². The highest BCUT2D eigenvalue weighted by Crippen LogP contribution is 2.28. The third-order valence-electron chi connectivity index (χ3n) is 4.39. The maximum absolute atomic E-state index is 12.8. The number of benzene rings is 2. The summed E-state index contributed by atoms with van der Waals surface area (Å²) in [5, 5.41) is 13.9. The van der Waals surface area contributed by atoms with E-state index in [1.54, 1.807) is 42.5 Å². The molecule has 0 saturated carbocycles. The van der Waals surface area contributed by atoms with Crippen LogP contribution < -0.4 is 10.6 Å². The lowest BCUT2D eigenvalue weighted by molar-refractivity contribution is -0.123. The molecule has 2 amide bonds. The topological polar surface area (TPSA) is 116 Å². The third kappa shape index (κ3) is 6.16. The molecule has 7 nitrogen and oxygen atoms in total. The van der Waals surface area contributed by atoms with Crippen LogP contribution in [0.3, 0.4) is 0 Å². The summed E-state index contributed by atoms with van der Waals surface area (Å²) in [6.07, 6.45) is 1.55. The Morgan fingerprint density at radius 3 is 2.43 bits per heavy atom. The summed E-state index contributed by atoms with van der Waals surface area (Å²) in [4.78, 5) is 25.3. The molecule has 0 heterocycles. The van der Waals surface area contributed by atoms with Gasteiger partial charge in [0, 0.05) is 17.4 Å². The van der Waals surface area contributed by atoms with Crippen molar-refractivity contribution in [1.82, 2.24) is 10.6 Å². The van der Waals surface area contributed by atoms with Crippen LogP contribution in [0.4, 0.5) is 0 Å². The van der Waals surface area contributed by atoms with Crippen molar-refractivity contribution in [2.24, 2.45) is 5.92 Å². The quantitative estimate of drug-likeness (QED) is 0.628. The van der Waals surface area contributed by atoms with E-state index >= 15 is 0 Å². The Labute approximate surface area is 177 Å². The van der Waals surface area contributed by atoms with Crippen LogP contribution in [0.1, 0.15) is 30.6 Å². The Balaban J connectivity index is 2.32. The number of carbonyl (C=O) groups is 2. The van der Waals surface area contributed by atoms with Gasteiger partial charge < -0.3 is 10.6 Å². The normalized spacial score (nSPS) is 12.1. The van der Waals surface area contributed by atoms with Crippen molar-refractivity contribution in [3.8, 4) is 17.2 Å². The summed E-state index contributed by atoms with van der Waals surface area (Å²) < 4.78 is 24.2. The first-order valence-corrected chi connectivity index (χ1v) is 11.4. The highest BCUT2D eigenvalue weighted by molar-refractivity contribution is 7.90. The summed E-state index contributed by atoms with van der Waals surface area (Å²) in [5.41, 5.74) is 1.39. The monoisotopic (exact) mass is 427 g/mol. The Morgan fingerprint density at radius 2 is 1.80 bits per heavy atom. The highest BCUT2D eigenvalue weighted by Gasteiger charge is 2.23. The molecule has 0 aliphatic rings. The molecule has 0 saturated heterocycles. The highest BCUT2D eigenvalue weighted by atomic mass is 32.2. The van der Waals surface area contributed by atoms with Crippen LogP contribution in [0.5, 0.6) is 0 Å². The maximum Gasteiger partial charge on any atom is 0.251 e. The van der Waals surface area contributed by atoms with Gasteiger partial charge in [-0.3, -0.25) is 9.59 Å². The van der Waals surface area contributed by atoms with Crippen LogP contribution in [0.15, 0.2) is 53.4 Å². The molecule has 0 aromatic heterocycles. The molecule has 2 rings (SSSR count). The van der Waals surface area contributed by atoms with Crippen LogP contribution in [0.25, 0.3) is 11.1 Å². The number of carbonyl (C=O) groups excluding carboxylic acids is 2. The average molecular weight is 428 g/mol. The summed E-state index contributed by atoms with van der Waals surface area (Å²) in [6.45, 7) is 3.72. The molecule has 158 valence electrons. The minimum Gasteiger partial charge on any atom is -0.341 e. The summed E-state index contributed by atoms with van der Waals surface area (Å²) in [5.74, 6) is -0.722. The van der Waals surface area contributed by atoms with Gasteiger partial charge in [0.05, 0.1) is 11.0 Å². The lowest BCUT2D eigenvalue weighted by Gasteiger charge is -2.20. The van der Waals surface area contributed by atoms with Crippen LogP contribution in [0.2, 0.25) is 0 Å². The van der Waals surface area contributed by atoms with Crippen molar-refractivity contribution in [3.05, 3.63) is 54.1 Å². The molecule has 0 fully saturated rings. The van der Waals surface area contributed by atoms with Crippen LogP contribution in [-0.2, 0) is 14.6 Å². The van der Waals surface area contributed by atoms with Gasteiger partial charge in [0.1, 0.15) is 12.6 Å². The van der Waals surface area contributed by atoms with E-state index in [0.29, 0.717) is 23.1 Å². The fraction of sp³-hybridized carbons (Fsp3) is 0.318. The first-order chi connectivity index (χ1) is 14.1. The van der Waals surface area contributed by atoms with Gasteiger partial charge in [0.2, 0.25) is 5.91 Å². The Hall–Kier alpha value is -3.18. The summed E-state index contributed by atoms with van der Waals surface area (Å²) in [6, 6.07) is 14.2. The largest absolute Gasteiger partial charge is 0.341 e. The molecule has 0 radical (unpaired) electrons. The minimum atomic E-state index is -3.45. The fourth-order valence-corrected chi connectivity index (χ4v) is 3.96. The second kappa shape index (κ2) is 10.0. The van der Waals surface area contributed by atoms with Gasteiger partial charge in [-0.05, 0) is 36.1 Å². The van der Waals surface area contributed by atoms with Crippen LogP contribution in [0, 0.1) is 17.2 Å². The third-order valence-corrected chi connectivity index (χ3v) is 5.55. The molecule has 1 atom stereocenters. The fourth-order valence-electron chi connectivity index (χ4n) is 3.05. The van der Waals surface area contributed by atoms with E-state index in [9.17, 15) is 18.0 Å². The maximum atomic E-state index is 12.8. The number of hydrogen-bond donors (Lipinski definition) is 2. The van der Waals surface area contributed by atoms with Gasteiger partial charge in [-0.25, -0.2) is 8.42 Å². The van der Waals surface area contributed by atoms with Crippen molar-refractivity contribution in [3.63, 3.8) is 0 Å². The van der Waals surface area contributed by atoms with E-state index < -0.39 is 27.7 Å². The van der Waals surface area contributed by atoms with Gasteiger partial charge >= 0.3 is 0 Å². The average Bonchev–Trinajstić information content (AvgIpc) is 2.70. The predicted molar refractivity (Wildman–Crippen MR) is 114 cm³/mol. The van der Waals surface area contributed by atoms with E-state index in [1.807, 2.05) is 19.9 Å². The standard InChI is InChI=1S/C22H25N3O4S/c1-15(2)13-19(22(27)24-12-11-23)25-21(26)17-8-6-7-16(14-17)18-9-4-5-10-20(18)30(3,28)29/h4-10,14-15,19H,12-13H2,1-3H3,(H,24,27)(H,25,26)/t19-/m0/s1. The number of nitrogens with zero attached hydrogens (tertiary/aromatic N) is 1. The van der Waals surface area contributed by atoms with Crippen molar-refractivity contribution >= 4 is 21.7 Å². The zero-order valence-electron chi connectivity index (χ0n) is 17.2. The Bertz CT molecular complexity index is 1070. The number of hydrogen-bond acceptors (Lipinski definition) is 5. The molecule has 0 spiro atoms. The molecule has 0 aliphatic carbocycles. The molecular weight excluding hydrogens is 402 g/mol. The first-order valence-electron chi connectivity index (χ1n) is 9.48. The number of sulfone groups is 1. The summed E-state index contributed by atoms with van der Waals surface area (Å²) >= 11 is 0. The number of nitrogens with one attached hydrogen (secondary N) is 2. The van der Waals surface area contributed by atoms with Crippen molar-refractivity contribution in [2.75, 3.05) is 12.8 Å². The van der Waals surface area contributed by atoms with Gasteiger partial charge in [0.15, 0.2) is 9.84 Å². The van der Waals surface area contributed by atoms with E-state index in [-0.39, 0.29) is 17.4 Å². The molecule has 8 heteroatoms. The number of rotatable bonds is 8. The molecule has 2 N–H and O–H groups in total. The summed E-state index contributed by atoms with van der Waals surface area (Å²) in [7, 11) is -3.45. The molecule has 0 bridgehead atoms. The Kier molecular flexibility index (Phi) is 7.72. The van der Waals surface area contributed by atoms with Crippen molar-refractivity contribution in [1.29, 1.82) is 5.26 Å². The number of amides is 2. The molecule has 2 aromatic rings. The first kappa shape index (κ1) is 23.1. The van der Waals surface area contributed by atoms with E-state index in [0.717, 1.165) is 6.26 Å². The SMILES string of the molecule is CC(C)C[C@H](NC(=O)c1cccc(-c2ccccc2S(C)(=O)=O)c1)C(=O)NCC#N. The van der Waals surface area contributed by atoms with Gasteiger partial charge in [-0.1, -0.05) is 44.2 Å². The lowest BCUT2D eigenvalue weighted by Crippen LogP contribution is -2.47. The lowest BCUT2D eigenvalue weighted by atomic mass is 10.0.